The minimum atomic E-state index is 0.0619. The average Bonchev–Trinajstić information content (AvgIpc) is 2.44. The van der Waals surface area contributed by atoms with Gasteiger partial charge in [0.15, 0.2) is 0 Å². The Hall–Kier alpha value is -1.14. The van der Waals surface area contributed by atoms with Gasteiger partial charge in [0, 0.05) is 52.9 Å². The first-order valence-corrected chi connectivity index (χ1v) is 7.43. The second-order valence-corrected chi connectivity index (χ2v) is 5.06. The molecule has 0 unspecified atom stereocenters. The summed E-state index contributed by atoms with van der Waals surface area (Å²) in [5, 5.41) is 2.79. The molecule has 2 amide bonds. The highest BCUT2D eigenvalue weighted by Gasteiger charge is 2.21. The van der Waals surface area contributed by atoms with Crippen LogP contribution in [0.1, 0.15) is 26.2 Å². The fourth-order valence-electron chi connectivity index (χ4n) is 2.29. The molecule has 116 valence electrons. The number of nitrogens with zero attached hydrogens (tertiary/aromatic N) is 2. The number of carbonyl (C=O) groups is 2. The van der Waals surface area contributed by atoms with E-state index in [9.17, 15) is 9.59 Å². The Morgan fingerprint density at radius 3 is 2.45 bits per heavy atom. The molecule has 0 aliphatic carbocycles. The topological polar surface area (TPSA) is 61.9 Å². The monoisotopic (exact) mass is 285 g/mol. The minimum Gasteiger partial charge on any atom is -0.385 e. The molecule has 1 saturated heterocycles. The first-order valence-electron chi connectivity index (χ1n) is 7.43. The number of ether oxygens (including phenoxy) is 1. The third-order valence-corrected chi connectivity index (χ3v) is 3.46. The van der Waals surface area contributed by atoms with E-state index in [4.69, 9.17) is 4.74 Å². The maximum atomic E-state index is 12.0. The van der Waals surface area contributed by atoms with E-state index in [2.05, 4.69) is 10.2 Å². The Bertz CT molecular complexity index is 302. The first kappa shape index (κ1) is 16.9. The quantitative estimate of drug-likeness (QED) is 0.642. The number of likely N-dealkylation sites (N-methyl/N-ethyl adjacent to an activating group) is 1. The van der Waals surface area contributed by atoms with Gasteiger partial charge in [-0.25, -0.2) is 0 Å². The molecule has 6 nitrogen and oxygen atoms in total. The molecule has 0 aromatic rings. The number of hydrogen-bond acceptors (Lipinski definition) is 4. The second-order valence-electron chi connectivity index (χ2n) is 5.06. The zero-order valence-electron chi connectivity index (χ0n) is 12.7. The van der Waals surface area contributed by atoms with Gasteiger partial charge in [0.1, 0.15) is 0 Å². The van der Waals surface area contributed by atoms with E-state index in [1.807, 2.05) is 11.8 Å². The molecule has 1 aliphatic heterocycles. The lowest BCUT2D eigenvalue weighted by Gasteiger charge is -2.34. The van der Waals surface area contributed by atoms with E-state index < -0.39 is 0 Å². The van der Waals surface area contributed by atoms with Crippen molar-refractivity contribution in [1.82, 2.24) is 15.1 Å². The summed E-state index contributed by atoms with van der Waals surface area (Å²) in [5.41, 5.74) is 0. The standard InChI is InChI=1S/C14H27N3O3/c1-3-15-13(18)12-16-7-9-17(10-8-16)14(19)6-4-5-11-20-2/h3-12H2,1-2H3,(H,15,18). The van der Waals surface area contributed by atoms with Gasteiger partial charge in [-0.2, -0.15) is 0 Å². The summed E-state index contributed by atoms with van der Waals surface area (Å²) in [6.45, 7) is 6.74. The zero-order chi connectivity index (χ0) is 14.8. The van der Waals surface area contributed by atoms with Gasteiger partial charge < -0.3 is 15.0 Å². The number of carbonyl (C=O) groups excluding carboxylic acids is 2. The molecule has 20 heavy (non-hydrogen) atoms. The summed E-state index contributed by atoms with van der Waals surface area (Å²) < 4.78 is 4.97. The maximum absolute atomic E-state index is 12.0. The molecule has 0 saturated carbocycles. The number of amides is 2. The number of methoxy groups -OCH3 is 1. The van der Waals surface area contributed by atoms with Crippen molar-refractivity contribution in [2.24, 2.45) is 0 Å². The summed E-state index contributed by atoms with van der Waals surface area (Å²) in [6.07, 6.45) is 2.41. The molecular formula is C14H27N3O3. The molecule has 0 spiro atoms. The van der Waals surface area contributed by atoms with Crippen molar-refractivity contribution in [1.29, 1.82) is 0 Å². The van der Waals surface area contributed by atoms with Crippen LogP contribution in [0.4, 0.5) is 0 Å². The Morgan fingerprint density at radius 2 is 1.85 bits per heavy atom. The van der Waals surface area contributed by atoms with Crippen LogP contribution < -0.4 is 5.32 Å². The van der Waals surface area contributed by atoms with Crippen molar-refractivity contribution in [2.75, 3.05) is 53.0 Å². The van der Waals surface area contributed by atoms with Gasteiger partial charge in [0.25, 0.3) is 0 Å². The molecule has 1 heterocycles. The third kappa shape index (κ3) is 6.34. The van der Waals surface area contributed by atoms with Crippen LogP contribution in [0.5, 0.6) is 0 Å². The van der Waals surface area contributed by atoms with Gasteiger partial charge >= 0.3 is 0 Å². The van der Waals surface area contributed by atoms with Crippen molar-refractivity contribution in [2.45, 2.75) is 26.2 Å². The summed E-state index contributed by atoms with van der Waals surface area (Å²) in [5.74, 6) is 0.283. The van der Waals surface area contributed by atoms with E-state index in [1.54, 1.807) is 7.11 Å². The van der Waals surface area contributed by atoms with Crippen molar-refractivity contribution >= 4 is 11.8 Å². The molecule has 0 aromatic heterocycles. The van der Waals surface area contributed by atoms with Crippen LogP contribution in [0.15, 0.2) is 0 Å². The van der Waals surface area contributed by atoms with Gasteiger partial charge in [-0.15, -0.1) is 0 Å². The number of rotatable bonds is 8. The number of hydrogen-bond donors (Lipinski definition) is 1. The summed E-state index contributed by atoms with van der Waals surface area (Å²) in [6, 6.07) is 0. The van der Waals surface area contributed by atoms with E-state index in [0.717, 1.165) is 39.0 Å². The Labute approximate surface area is 121 Å². The number of piperazine rings is 1. The molecule has 0 radical (unpaired) electrons. The fraction of sp³-hybridized carbons (Fsp3) is 0.857. The molecule has 0 aromatic carbocycles. The van der Waals surface area contributed by atoms with Crippen LogP contribution in [0.2, 0.25) is 0 Å². The highest BCUT2D eigenvalue weighted by atomic mass is 16.5. The van der Waals surface area contributed by atoms with Crippen LogP contribution in [-0.4, -0.2) is 74.6 Å². The van der Waals surface area contributed by atoms with E-state index in [0.29, 0.717) is 26.1 Å². The predicted molar refractivity (Wildman–Crippen MR) is 77.4 cm³/mol. The lowest BCUT2D eigenvalue weighted by molar-refractivity contribution is -0.133. The van der Waals surface area contributed by atoms with Crippen LogP contribution in [0.25, 0.3) is 0 Å². The SMILES string of the molecule is CCNC(=O)CN1CCN(C(=O)CCCCOC)CC1. The maximum Gasteiger partial charge on any atom is 0.234 e. The lowest BCUT2D eigenvalue weighted by atomic mass is 10.2. The molecule has 1 N–H and O–H groups in total. The van der Waals surface area contributed by atoms with E-state index >= 15 is 0 Å². The van der Waals surface area contributed by atoms with Crippen molar-refractivity contribution in [3.8, 4) is 0 Å². The van der Waals surface area contributed by atoms with E-state index in [1.165, 1.54) is 0 Å². The molecule has 1 fully saturated rings. The van der Waals surface area contributed by atoms with Gasteiger partial charge in [0.2, 0.25) is 11.8 Å². The Balaban J connectivity index is 2.17. The normalized spacial score (nSPS) is 16.2. The minimum absolute atomic E-state index is 0.0619. The van der Waals surface area contributed by atoms with Crippen molar-refractivity contribution in [3.63, 3.8) is 0 Å². The molecule has 6 heteroatoms. The summed E-state index contributed by atoms with van der Waals surface area (Å²) >= 11 is 0. The number of nitrogens with one attached hydrogen (secondary N) is 1. The smallest absolute Gasteiger partial charge is 0.234 e. The molecule has 0 atom stereocenters. The second kappa shape index (κ2) is 9.72. The van der Waals surface area contributed by atoms with Crippen LogP contribution in [-0.2, 0) is 14.3 Å². The first-order chi connectivity index (χ1) is 9.67. The molecule has 1 rings (SSSR count). The average molecular weight is 285 g/mol. The van der Waals surface area contributed by atoms with Crippen LogP contribution in [0, 0.1) is 0 Å². The number of unbranched alkanes of at least 4 members (excludes halogenated alkanes) is 1. The van der Waals surface area contributed by atoms with Gasteiger partial charge in [-0.3, -0.25) is 14.5 Å². The largest absolute Gasteiger partial charge is 0.385 e. The lowest BCUT2D eigenvalue weighted by Crippen LogP contribution is -2.51. The van der Waals surface area contributed by atoms with Crippen molar-refractivity contribution < 1.29 is 14.3 Å². The predicted octanol–water partition coefficient (Wildman–Crippen LogP) is 0.0834. The summed E-state index contributed by atoms with van der Waals surface area (Å²) in [7, 11) is 1.68. The molecule has 1 aliphatic rings. The molecular weight excluding hydrogens is 258 g/mol. The molecule has 0 bridgehead atoms. The fourth-order valence-corrected chi connectivity index (χ4v) is 2.29. The highest BCUT2D eigenvalue weighted by molar-refractivity contribution is 5.78. The summed E-state index contributed by atoms with van der Waals surface area (Å²) in [4.78, 5) is 27.5. The third-order valence-electron chi connectivity index (χ3n) is 3.46. The van der Waals surface area contributed by atoms with E-state index in [-0.39, 0.29) is 11.8 Å². The van der Waals surface area contributed by atoms with Gasteiger partial charge in [0.05, 0.1) is 6.54 Å². The van der Waals surface area contributed by atoms with Crippen LogP contribution >= 0.6 is 0 Å². The zero-order valence-corrected chi connectivity index (χ0v) is 12.7. The highest BCUT2D eigenvalue weighted by Crippen LogP contribution is 2.06. The van der Waals surface area contributed by atoms with Gasteiger partial charge in [-0.1, -0.05) is 0 Å². The van der Waals surface area contributed by atoms with Gasteiger partial charge in [-0.05, 0) is 19.8 Å². The Morgan fingerprint density at radius 1 is 1.15 bits per heavy atom. The van der Waals surface area contributed by atoms with Crippen molar-refractivity contribution in [3.05, 3.63) is 0 Å². The van der Waals surface area contributed by atoms with Crippen LogP contribution in [0.3, 0.4) is 0 Å². The Kier molecular flexibility index (Phi) is 8.22.